The minimum atomic E-state index is -0.00996. The van der Waals surface area contributed by atoms with Crippen molar-refractivity contribution in [1.29, 1.82) is 0 Å². The van der Waals surface area contributed by atoms with Gasteiger partial charge >= 0.3 is 0 Å². The van der Waals surface area contributed by atoms with E-state index < -0.39 is 0 Å². The number of nitrogens with zero attached hydrogens (tertiary/aromatic N) is 3. The standard InChI is InChI=1S/C27H34N4O5/c1-18(2)35-23-10-5-19(15-24(23)34-4)16-28-27(32)21-11-13-31(14-12-21)17-25-29-26(30-36-25)20-6-8-22(33-3)9-7-20/h5-10,15,18,21H,11-14,16-17H2,1-4H3,(H,28,32). The Morgan fingerprint density at radius 3 is 2.50 bits per heavy atom. The molecule has 0 atom stereocenters. The predicted molar refractivity (Wildman–Crippen MR) is 135 cm³/mol. The van der Waals surface area contributed by atoms with Crippen LogP contribution in [-0.2, 0) is 17.9 Å². The number of carbonyl (C=O) groups is 1. The van der Waals surface area contributed by atoms with Crippen molar-refractivity contribution in [3.8, 4) is 28.6 Å². The molecule has 2 aromatic carbocycles. The quantitative estimate of drug-likeness (QED) is 0.450. The molecule has 1 aliphatic rings. The lowest BCUT2D eigenvalue weighted by atomic mass is 9.96. The van der Waals surface area contributed by atoms with Crippen LogP contribution in [0, 0.1) is 5.92 Å². The van der Waals surface area contributed by atoms with Crippen LogP contribution < -0.4 is 19.5 Å². The minimum Gasteiger partial charge on any atom is -0.497 e. The first-order chi connectivity index (χ1) is 17.4. The van der Waals surface area contributed by atoms with Crippen LogP contribution in [0.3, 0.4) is 0 Å². The monoisotopic (exact) mass is 494 g/mol. The Bertz CT molecular complexity index is 1140. The van der Waals surface area contributed by atoms with E-state index in [1.165, 1.54) is 0 Å². The lowest BCUT2D eigenvalue weighted by Crippen LogP contribution is -2.40. The van der Waals surface area contributed by atoms with E-state index in [0.29, 0.717) is 36.3 Å². The Kier molecular flexibility index (Phi) is 8.43. The summed E-state index contributed by atoms with van der Waals surface area (Å²) in [7, 11) is 3.25. The molecule has 9 nitrogen and oxygen atoms in total. The smallest absolute Gasteiger partial charge is 0.241 e. The van der Waals surface area contributed by atoms with E-state index in [1.54, 1.807) is 14.2 Å². The molecule has 1 fully saturated rings. The van der Waals surface area contributed by atoms with Crippen molar-refractivity contribution < 1.29 is 23.5 Å². The Morgan fingerprint density at radius 1 is 1.08 bits per heavy atom. The van der Waals surface area contributed by atoms with Crippen LogP contribution in [0.25, 0.3) is 11.4 Å². The Hall–Kier alpha value is -3.59. The van der Waals surface area contributed by atoms with Gasteiger partial charge < -0.3 is 24.1 Å². The lowest BCUT2D eigenvalue weighted by molar-refractivity contribution is -0.126. The molecule has 192 valence electrons. The van der Waals surface area contributed by atoms with E-state index in [9.17, 15) is 4.79 Å². The maximum absolute atomic E-state index is 12.8. The summed E-state index contributed by atoms with van der Waals surface area (Å²) >= 11 is 0. The minimum absolute atomic E-state index is 0.00996. The van der Waals surface area contributed by atoms with Crippen LogP contribution in [0.15, 0.2) is 47.0 Å². The molecule has 0 radical (unpaired) electrons. The number of benzene rings is 2. The van der Waals surface area contributed by atoms with Crippen molar-refractivity contribution in [2.24, 2.45) is 5.92 Å². The number of piperidine rings is 1. The highest BCUT2D eigenvalue weighted by Gasteiger charge is 2.26. The van der Waals surface area contributed by atoms with Crippen molar-refractivity contribution >= 4 is 5.91 Å². The number of carbonyl (C=O) groups excluding carboxylic acids is 1. The van der Waals surface area contributed by atoms with Gasteiger partial charge in [0, 0.05) is 18.0 Å². The number of nitrogens with one attached hydrogen (secondary N) is 1. The van der Waals surface area contributed by atoms with Gasteiger partial charge in [0.05, 0.1) is 26.9 Å². The summed E-state index contributed by atoms with van der Waals surface area (Å²) in [6, 6.07) is 13.3. The number of hydrogen-bond acceptors (Lipinski definition) is 8. The largest absolute Gasteiger partial charge is 0.497 e. The molecule has 1 aliphatic heterocycles. The molecule has 1 aromatic heterocycles. The molecule has 36 heavy (non-hydrogen) atoms. The zero-order valence-electron chi connectivity index (χ0n) is 21.3. The van der Waals surface area contributed by atoms with Gasteiger partial charge in [-0.15, -0.1) is 0 Å². The molecular weight excluding hydrogens is 460 g/mol. The van der Waals surface area contributed by atoms with Crippen LogP contribution in [0.2, 0.25) is 0 Å². The van der Waals surface area contributed by atoms with Crippen LogP contribution in [0.4, 0.5) is 0 Å². The summed E-state index contributed by atoms with van der Waals surface area (Å²) in [5.74, 6) is 3.35. The highest BCUT2D eigenvalue weighted by Crippen LogP contribution is 2.29. The third-order valence-electron chi connectivity index (χ3n) is 6.19. The van der Waals surface area contributed by atoms with Crippen molar-refractivity contribution in [2.75, 3.05) is 27.3 Å². The number of methoxy groups -OCH3 is 2. The molecule has 1 N–H and O–H groups in total. The van der Waals surface area contributed by atoms with Crippen LogP contribution in [0.1, 0.15) is 38.1 Å². The van der Waals surface area contributed by atoms with E-state index >= 15 is 0 Å². The van der Waals surface area contributed by atoms with Gasteiger partial charge in [-0.25, -0.2) is 0 Å². The molecule has 1 saturated heterocycles. The first-order valence-corrected chi connectivity index (χ1v) is 12.3. The van der Waals surface area contributed by atoms with E-state index in [4.69, 9.17) is 18.7 Å². The molecule has 0 saturated carbocycles. The van der Waals surface area contributed by atoms with Crippen molar-refractivity contribution in [3.05, 3.63) is 53.9 Å². The summed E-state index contributed by atoms with van der Waals surface area (Å²) in [6.45, 7) is 6.57. The Balaban J connectivity index is 1.23. The topological polar surface area (TPSA) is 99.0 Å². The zero-order chi connectivity index (χ0) is 25.5. The fraction of sp³-hybridized carbons (Fsp3) is 0.444. The highest BCUT2D eigenvalue weighted by atomic mass is 16.5. The van der Waals surface area contributed by atoms with E-state index in [-0.39, 0.29) is 17.9 Å². The average Bonchev–Trinajstić information content (AvgIpc) is 3.36. The lowest BCUT2D eigenvalue weighted by Gasteiger charge is -2.30. The molecule has 0 spiro atoms. The van der Waals surface area contributed by atoms with Gasteiger partial charge in [0.2, 0.25) is 17.6 Å². The normalized spacial score (nSPS) is 14.6. The van der Waals surface area contributed by atoms with Crippen molar-refractivity contribution in [2.45, 2.75) is 45.9 Å². The molecule has 0 aliphatic carbocycles. The summed E-state index contributed by atoms with van der Waals surface area (Å²) in [6.07, 6.45) is 1.64. The van der Waals surface area contributed by atoms with E-state index in [2.05, 4.69) is 20.4 Å². The first-order valence-electron chi connectivity index (χ1n) is 12.3. The van der Waals surface area contributed by atoms with Gasteiger partial charge in [0.25, 0.3) is 0 Å². The number of ether oxygens (including phenoxy) is 3. The van der Waals surface area contributed by atoms with Gasteiger partial charge in [-0.2, -0.15) is 4.98 Å². The second-order valence-electron chi connectivity index (χ2n) is 9.16. The van der Waals surface area contributed by atoms with Crippen molar-refractivity contribution in [1.82, 2.24) is 20.4 Å². The second kappa shape index (κ2) is 11.9. The summed E-state index contributed by atoms with van der Waals surface area (Å²) in [5, 5.41) is 7.17. The Morgan fingerprint density at radius 2 is 1.83 bits per heavy atom. The third kappa shape index (κ3) is 6.54. The maximum Gasteiger partial charge on any atom is 0.241 e. The van der Waals surface area contributed by atoms with E-state index in [0.717, 1.165) is 42.8 Å². The predicted octanol–water partition coefficient (Wildman–Crippen LogP) is 4.07. The van der Waals surface area contributed by atoms with Gasteiger partial charge in [-0.3, -0.25) is 9.69 Å². The molecule has 9 heteroatoms. The SMILES string of the molecule is COc1ccc(-c2noc(CN3CCC(C(=O)NCc4ccc(OC(C)C)c(OC)c4)CC3)n2)cc1. The first kappa shape index (κ1) is 25.5. The number of likely N-dealkylation sites (tertiary alicyclic amines) is 1. The van der Waals surface area contributed by atoms with Gasteiger partial charge in [0.1, 0.15) is 5.75 Å². The van der Waals surface area contributed by atoms with Crippen LogP contribution in [-0.4, -0.2) is 54.4 Å². The Labute approximate surface area is 211 Å². The highest BCUT2D eigenvalue weighted by molar-refractivity contribution is 5.78. The average molecular weight is 495 g/mol. The summed E-state index contributed by atoms with van der Waals surface area (Å²) < 4.78 is 21.8. The number of hydrogen-bond donors (Lipinski definition) is 1. The van der Waals surface area contributed by atoms with Crippen LogP contribution in [0.5, 0.6) is 17.2 Å². The molecule has 0 unspecified atom stereocenters. The molecule has 1 amide bonds. The van der Waals surface area contributed by atoms with Crippen LogP contribution >= 0.6 is 0 Å². The molecule has 4 rings (SSSR count). The van der Waals surface area contributed by atoms with E-state index in [1.807, 2.05) is 56.3 Å². The molecular formula is C27H34N4O5. The third-order valence-corrected chi connectivity index (χ3v) is 6.19. The summed E-state index contributed by atoms with van der Waals surface area (Å²) in [4.78, 5) is 19.5. The van der Waals surface area contributed by atoms with Gasteiger partial charge in [0.15, 0.2) is 11.5 Å². The fourth-order valence-corrected chi connectivity index (χ4v) is 4.23. The molecule has 3 aromatic rings. The van der Waals surface area contributed by atoms with Gasteiger partial charge in [-0.1, -0.05) is 11.2 Å². The second-order valence-corrected chi connectivity index (χ2v) is 9.16. The number of aromatic nitrogens is 2. The molecule has 0 bridgehead atoms. The fourth-order valence-electron chi connectivity index (χ4n) is 4.23. The van der Waals surface area contributed by atoms with Crippen molar-refractivity contribution in [3.63, 3.8) is 0 Å². The number of rotatable bonds is 10. The molecule has 2 heterocycles. The van der Waals surface area contributed by atoms with Gasteiger partial charge in [-0.05, 0) is 81.7 Å². The zero-order valence-corrected chi connectivity index (χ0v) is 21.3. The summed E-state index contributed by atoms with van der Waals surface area (Å²) in [5.41, 5.74) is 1.85. The number of amides is 1. The maximum atomic E-state index is 12.8.